The summed E-state index contributed by atoms with van der Waals surface area (Å²) in [7, 11) is 2.14. The zero-order valence-corrected chi connectivity index (χ0v) is 14.4. The number of thiazole rings is 1. The van der Waals surface area contributed by atoms with Crippen LogP contribution in [-0.2, 0) is 0 Å². The maximum atomic E-state index is 12.5. The molecule has 7 heteroatoms. The molecule has 0 spiro atoms. The Kier molecular flexibility index (Phi) is 4.26. The fourth-order valence-electron chi connectivity index (χ4n) is 3.95. The Morgan fingerprint density at radius 2 is 1.96 bits per heavy atom. The maximum absolute atomic E-state index is 12.5. The van der Waals surface area contributed by atoms with Crippen molar-refractivity contribution in [3.05, 3.63) is 11.1 Å². The van der Waals surface area contributed by atoms with Crippen LogP contribution in [0, 0.1) is 0 Å². The molecule has 23 heavy (non-hydrogen) atoms. The number of anilines is 1. The van der Waals surface area contributed by atoms with E-state index in [1.165, 1.54) is 24.2 Å². The van der Waals surface area contributed by atoms with Gasteiger partial charge in [-0.2, -0.15) is 0 Å². The van der Waals surface area contributed by atoms with Gasteiger partial charge in [-0.15, -0.1) is 0 Å². The highest BCUT2D eigenvalue weighted by atomic mass is 32.1. The van der Waals surface area contributed by atoms with Gasteiger partial charge >= 0.3 is 0 Å². The number of likely N-dealkylation sites (N-methyl/N-ethyl adjacent to an activating group) is 1. The second kappa shape index (κ2) is 6.37. The van der Waals surface area contributed by atoms with Crippen LogP contribution in [-0.4, -0.2) is 67.1 Å². The molecule has 2 N–H and O–H groups in total. The zero-order chi connectivity index (χ0) is 15.8. The van der Waals surface area contributed by atoms with E-state index in [0.717, 1.165) is 49.0 Å². The van der Waals surface area contributed by atoms with Gasteiger partial charge in [-0.05, 0) is 32.7 Å². The van der Waals surface area contributed by atoms with Crippen LogP contribution in [0.4, 0.5) is 5.13 Å². The Hall–Kier alpha value is -1.18. The van der Waals surface area contributed by atoms with Gasteiger partial charge < -0.3 is 20.4 Å². The minimum Gasteiger partial charge on any atom is -0.348 e. The van der Waals surface area contributed by atoms with Crippen molar-refractivity contribution in [3.8, 4) is 0 Å². The highest BCUT2D eigenvalue weighted by Crippen LogP contribution is 2.28. The van der Waals surface area contributed by atoms with Crippen molar-refractivity contribution in [1.29, 1.82) is 0 Å². The minimum atomic E-state index is 0.0502. The van der Waals surface area contributed by atoms with Crippen LogP contribution in [0.15, 0.2) is 6.20 Å². The molecule has 0 saturated carbocycles. The SMILES string of the molecule is CN1CCN(c2ncc(C(=O)NC3C[C@H]4CC[C@@H](C3)N4)s2)CC1. The molecule has 126 valence electrons. The van der Waals surface area contributed by atoms with E-state index in [-0.39, 0.29) is 5.91 Å². The molecule has 1 unspecified atom stereocenters. The minimum absolute atomic E-state index is 0.0502. The molecule has 1 aromatic heterocycles. The summed E-state index contributed by atoms with van der Waals surface area (Å²) in [5, 5.41) is 7.82. The molecule has 1 aromatic rings. The van der Waals surface area contributed by atoms with Gasteiger partial charge in [0.05, 0.1) is 6.20 Å². The number of piperidine rings is 1. The fraction of sp³-hybridized carbons (Fsp3) is 0.750. The molecular formula is C16H25N5OS. The first-order valence-corrected chi connectivity index (χ1v) is 9.45. The summed E-state index contributed by atoms with van der Waals surface area (Å²) in [4.78, 5) is 22.3. The van der Waals surface area contributed by atoms with Crippen LogP contribution in [0.1, 0.15) is 35.4 Å². The second-order valence-corrected chi connectivity index (χ2v) is 8.09. The predicted molar refractivity (Wildman–Crippen MR) is 92.3 cm³/mol. The monoisotopic (exact) mass is 335 g/mol. The molecule has 3 atom stereocenters. The smallest absolute Gasteiger partial charge is 0.263 e. The van der Waals surface area contributed by atoms with Crippen molar-refractivity contribution in [2.45, 2.75) is 43.8 Å². The van der Waals surface area contributed by atoms with Crippen LogP contribution in [0.2, 0.25) is 0 Å². The molecule has 6 nitrogen and oxygen atoms in total. The molecule has 4 rings (SSSR count). The summed E-state index contributed by atoms with van der Waals surface area (Å²) in [6.07, 6.45) is 6.37. The van der Waals surface area contributed by atoms with Gasteiger partial charge in [0.2, 0.25) is 0 Å². The van der Waals surface area contributed by atoms with Gasteiger partial charge in [0.25, 0.3) is 5.91 Å². The summed E-state index contributed by atoms with van der Waals surface area (Å²) >= 11 is 1.52. The van der Waals surface area contributed by atoms with Crippen LogP contribution in [0.3, 0.4) is 0 Å². The van der Waals surface area contributed by atoms with Crippen molar-refractivity contribution in [1.82, 2.24) is 20.5 Å². The van der Waals surface area contributed by atoms with E-state index in [1.807, 2.05) is 0 Å². The molecule has 1 amide bonds. The Morgan fingerprint density at radius 3 is 2.65 bits per heavy atom. The molecule has 0 aromatic carbocycles. The molecule has 0 aliphatic carbocycles. The van der Waals surface area contributed by atoms with E-state index in [0.29, 0.717) is 18.1 Å². The summed E-state index contributed by atoms with van der Waals surface area (Å²) in [6, 6.07) is 1.51. The van der Waals surface area contributed by atoms with Crippen molar-refractivity contribution in [2.75, 3.05) is 38.1 Å². The third-order valence-corrected chi connectivity index (χ3v) is 6.36. The lowest BCUT2D eigenvalue weighted by atomic mass is 10.00. The summed E-state index contributed by atoms with van der Waals surface area (Å²) in [6.45, 7) is 4.09. The second-order valence-electron chi connectivity index (χ2n) is 7.08. The predicted octanol–water partition coefficient (Wildman–Crippen LogP) is 0.908. The first-order chi connectivity index (χ1) is 11.2. The number of nitrogens with zero attached hydrogens (tertiary/aromatic N) is 3. The van der Waals surface area contributed by atoms with Gasteiger partial charge in [0, 0.05) is 44.3 Å². The quantitative estimate of drug-likeness (QED) is 0.860. The number of fused-ring (bicyclic) bond motifs is 2. The van der Waals surface area contributed by atoms with E-state index in [2.05, 4.69) is 32.5 Å². The van der Waals surface area contributed by atoms with Crippen LogP contribution in [0.5, 0.6) is 0 Å². The number of hydrogen-bond donors (Lipinski definition) is 2. The van der Waals surface area contributed by atoms with Gasteiger partial charge in [-0.3, -0.25) is 4.79 Å². The van der Waals surface area contributed by atoms with E-state index < -0.39 is 0 Å². The highest BCUT2D eigenvalue weighted by molar-refractivity contribution is 7.17. The Labute approximate surface area is 141 Å². The Balaban J connectivity index is 1.35. The van der Waals surface area contributed by atoms with E-state index >= 15 is 0 Å². The Morgan fingerprint density at radius 1 is 1.26 bits per heavy atom. The molecule has 2 bridgehead atoms. The zero-order valence-electron chi connectivity index (χ0n) is 13.6. The van der Waals surface area contributed by atoms with E-state index in [1.54, 1.807) is 6.20 Å². The maximum Gasteiger partial charge on any atom is 0.263 e. The van der Waals surface area contributed by atoms with Crippen LogP contribution in [0.25, 0.3) is 0 Å². The lowest BCUT2D eigenvalue weighted by Crippen LogP contribution is -2.47. The number of aromatic nitrogens is 1. The van der Waals surface area contributed by atoms with Crippen molar-refractivity contribution in [2.24, 2.45) is 0 Å². The average Bonchev–Trinajstić information content (AvgIpc) is 3.15. The van der Waals surface area contributed by atoms with Crippen molar-refractivity contribution in [3.63, 3.8) is 0 Å². The molecule has 4 heterocycles. The van der Waals surface area contributed by atoms with Crippen LogP contribution >= 0.6 is 11.3 Å². The van der Waals surface area contributed by atoms with Gasteiger partial charge in [0.1, 0.15) is 4.88 Å². The fourth-order valence-corrected chi connectivity index (χ4v) is 4.82. The molecule has 3 fully saturated rings. The lowest BCUT2D eigenvalue weighted by molar-refractivity contribution is 0.0928. The van der Waals surface area contributed by atoms with Gasteiger partial charge in [-0.25, -0.2) is 4.98 Å². The third kappa shape index (κ3) is 3.36. The number of carbonyl (C=O) groups excluding carboxylic acids is 1. The third-order valence-electron chi connectivity index (χ3n) is 5.30. The van der Waals surface area contributed by atoms with Gasteiger partial charge in [0.15, 0.2) is 5.13 Å². The average molecular weight is 335 g/mol. The number of piperazine rings is 1. The number of carbonyl (C=O) groups is 1. The molecule has 3 saturated heterocycles. The van der Waals surface area contributed by atoms with Crippen LogP contribution < -0.4 is 15.5 Å². The normalized spacial score (nSPS) is 31.3. The highest BCUT2D eigenvalue weighted by Gasteiger charge is 2.34. The molecule has 3 aliphatic heterocycles. The summed E-state index contributed by atoms with van der Waals surface area (Å²) < 4.78 is 0. The molecule has 3 aliphatic rings. The molecular weight excluding hydrogens is 310 g/mol. The number of rotatable bonds is 3. The van der Waals surface area contributed by atoms with E-state index in [9.17, 15) is 4.79 Å². The Bertz CT molecular complexity index is 557. The molecule has 0 radical (unpaired) electrons. The van der Waals surface area contributed by atoms with E-state index in [4.69, 9.17) is 0 Å². The van der Waals surface area contributed by atoms with Crippen molar-refractivity contribution >= 4 is 22.4 Å². The van der Waals surface area contributed by atoms with Gasteiger partial charge in [-0.1, -0.05) is 11.3 Å². The summed E-state index contributed by atoms with van der Waals surface area (Å²) in [5.74, 6) is 0.0502. The first kappa shape index (κ1) is 15.4. The number of hydrogen-bond acceptors (Lipinski definition) is 6. The van der Waals surface area contributed by atoms with Crippen molar-refractivity contribution < 1.29 is 4.79 Å². The number of nitrogens with one attached hydrogen (secondary N) is 2. The number of amides is 1. The summed E-state index contributed by atoms with van der Waals surface area (Å²) in [5.41, 5.74) is 0. The lowest BCUT2D eigenvalue weighted by Gasteiger charge is -2.32. The largest absolute Gasteiger partial charge is 0.348 e. The standard InChI is InChI=1S/C16H25N5OS/c1-20-4-6-21(7-5-20)16-17-10-14(23-16)15(22)19-13-8-11-2-3-12(9-13)18-11/h10-13,18H,2-9H2,1H3,(H,19,22)/t11-,12+,13?. The first-order valence-electron chi connectivity index (χ1n) is 8.63. The topological polar surface area (TPSA) is 60.5 Å².